The average Bonchev–Trinajstić information content (AvgIpc) is 3.17. The smallest absolute Gasteiger partial charge is 0.248 e. The van der Waals surface area contributed by atoms with Crippen LogP contribution in [0.4, 0.5) is 5.69 Å². The van der Waals surface area contributed by atoms with Crippen molar-refractivity contribution in [2.75, 3.05) is 28.1 Å². The Bertz CT molecular complexity index is 2480. The molecule has 17 heteroatoms. The number of fused-ring (bicyclic) bond motifs is 2. The number of benzene rings is 4. The summed E-state index contributed by atoms with van der Waals surface area (Å²) in [4.78, 5) is 16.9. The summed E-state index contributed by atoms with van der Waals surface area (Å²) in [5.41, 5.74) is 3.81. The van der Waals surface area contributed by atoms with Crippen LogP contribution in [0.2, 0.25) is 0 Å². The minimum absolute atomic E-state index is 0.0622. The minimum atomic E-state index is -4.01. The van der Waals surface area contributed by atoms with Crippen LogP contribution in [0.25, 0.3) is 22.1 Å². The van der Waals surface area contributed by atoms with Gasteiger partial charge in [0.05, 0.1) is 50.8 Å². The van der Waals surface area contributed by atoms with Crippen molar-refractivity contribution >= 4 is 57.6 Å². The Labute approximate surface area is 328 Å². The van der Waals surface area contributed by atoms with E-state index in [1.807, 2.05) is 25.1 Å². The molecular weight excluding hydrogens is 779 g/mol. The summed E-state index contributed by atoms with van der Waals surface area (Å²) < 4.78 is 86.5. The number of nitrogens with zero attached hydrogens (tertiary/aromatic N) is 5. The fourth-order valence-electron chi connectivity index (χ4n) is 5.39. The van der Waals surface area contributed by atoms with E-state index in [-0.39, 0.29) is 28.7 Å². The number of aliphatic hydroxyl groups excluding tert-OH is 1. The van der Waals surface area contributed by atoms with Gasteiger partial charge < -0.3 is 14.6 Å². The van der Waals surface area contributed by atoms with Gasteiger partial charge in [0, 0.05) is 44.0 Å². The van der Waals surface area contributed by atoms with E-state index in [0.29, 0.717) is 51.5 Å². The Balaban J connectivity index is 0.000000243. The highest BCUT2D eigenvalue weighted by molar-refractivity contribution is 8.10. The maximum absolute atomic E-state index is 12.7. The second kappa shape index (κ2) is 20.1. The van der Waals surface area contributed by atoms with Gasteiger partial charge in [-0.2, -0.15) is 3.71 Å². The molecule has 14 nitrogen and oxygen atoms in total. The predicted octanol–water partition coefficient (Wildman–Crippen LogP) is 7.06. The zero-order chi connectivity index (χ0) is 40.8. The molecule has 0 aliphatic heterocycles. The van der Waals surface area contributed by atoms with Crippen molar-refractivity contribution in [1.29, 1.82) is 0 Å². The lowest BCUT2D eigenvalue weighted by Crippen LogP contribution is -2.39. The summed E-state index contributed by atoms with van der Waals surface area (Å²) in [7, 11) is -10.1. The maximum atomic E-state index is 12.7. The lowest BCUT2D eigenvalue weighted by molar-refractivity contribution is 0.399. The number of aliphatic hydroxyl groups is 1. The van der Waals surface area contributed by atoms with Crippen LogP contribution in [0.3, 0.4) is 0 Å². The topological polar surface area (TPSA) is 196 Å². The normalized spacial score (nSPS) is 11.5. The highest BCUT2D eigenvalue weighted by Gasteiger charge is 2.33. The van der Waals surface area contributed by atoms with Crippen LogP contribution in [-0.2, 0) is 35.6 Å². The van der Waals surface area contributed by atoms with Gasteiger partial charge in [-0.05, 0) is 85.5 Å². The standard InChI is InChI=1S/C20H23N3O5S2.C18H18N2O3S.CH4O/c1-3-13-29(24,25)23(30(26,27)14-4-2)16-5-7-17(8-6-16)28-18-9-10-19-20(15-18)22-12-11-21-19;1-2-11-24(21,22)13-14-3-5-15(6-4-14)23-16-7-8-17-18(12-16)20-10-9-19-17;1-2/h5-12,15H,3-4,13-14H2,1-2H3;3-10,12H,2,11,13H2,1H3;2H,1H3. The van der Waals surface area contributed by atoms with E-state index in [2.05, 4.69) is 19.9 Å². The van der Waals surface area contributed by atoms with E-state index >= 15 is 0 Å². The molecule has 0 saturated heterocycles. The Morgan fingerprint density at radius 1 is 0.500 bits per heavy atom. The molecule has 0 unspecified atom stereocenters. The van der Waals surface area contributed by atoms with Crippen LogP contribution in [0.15, 0.2) is 110 Å². The third-order valence-corrected chi connectivity index (χ3v) is 14.1. The molecule has 2 heterocycles. The Kier molecular flexibility index (Phi) is 15.6. The van der Waals surface area contributed by atoms with E-state index in [1.165, 1.54) is 24.3 Å². The third kappa shape index (κ3) is 12.1. The van der Waals surface area contributed by atoms with Crippen molar-refractivity contribution in [3.05, 3.63) is 115 Å². The van der Waals surface area contributed by atoms with E-state index < -0.39 is 29.9 Å². The molecule has 0 fully saturated rings. The first-order valence-corrected chi connectivity index (χ1v) is 22.7. The number of anilines is 1. The molecule has 0 atom stereocenters. The van der Waals surface area contributed by atoms with Gasteiger partial charge in [-0.3, -0.25) is 19.9 Å². The fraction of sp³-hybridized carbons (Fsp3) is 0.282. The van der Waals surface area contributed by atoms with Gasteiger partial charge in [-0.25, -0.2) is 25.3 Å². The molecule has 298 valence electrons. The number of hydrogen-bond acceptors (Lipinski definition) is 13. The zero-order valence-corrected chi connectivity index (χ0v) is 34.0. The minimum Gasteiger partial charge on any atom is -0.457 e. The molecule has 0 radical (unpaired) electrons. The number of sulfonamides is 2. The molecule has 1 N–H and O–H groups in total. The van der Waals surface area contributed by atoms with Crippen LogP contribution in [-0.4, -0.2) is 74.7 Å². The van der Waals surface area contributed by atoms with Crippen molar-refractivity contribution in [3.63, 3.8) is 0 Å². The predicted molar refractivity (Wildman–Crippen MR) is 219 cm³/mol. The van der Waals surface area contributed by atoms with Gasteiger partial charge >= 0.3 is 0 Å². The molecule has 56 heavy (non-hydrogen) atoms. The quantitative estimate of drug-likeness (QED) is 0.111. The summed E-state index contributed by atoms with van der Waals surface area (Å²) in [6.45, 7) is 5.24. The molecular formula is C39H45N5O9S3. The summed E-state index contributed by atoms with van der Waals surface area (Å²) in [6, 6.07) is 23.8. The highest BCUT2D eigenvalue weighted by atomic mass is 32.3. The molecule has 0 aliphatic rings. The number of rotatable bonds is 15. The second-order valence-electron chi connectivity index (χ2n) is 12.2. The summed E-state index contributed by atoms with van der Waals surface area (Å²) in [6.07, 6.45) is 7.73. The van der Waals surface area contributed by atoms with Gasteiger partial charge in [0.25, 0.3) is 0 Å². The average molecular weight is 824 g/mol. The zero-order valence-electron chi connectivity index (χ0n) is 31.5. The molecule has 6 rings (SSSR count). The number of sulfone groups is 1. The molecule has 0 amide bonds. The third-order valence-electron chi connectivity index (χ3n) is 7.66. The van der Waals surface area contributed by atoms with Crippen LogP contribution >= 0.6 is 0 Å². The van der Waals surface area contributed by atoms with E-state index in [9.17, 15) is 25.3 Å². The monoisotopic (exact) mass is 823 g/mol. The number of hydrogen-bond donors (Lipinski definition) is 1. The van der Waals surface area contributed by atoms with Crippen LogP contribution < -0.4 is 13.2 Å². The first kappa shape index (κ1) is 43.5. The second-order valence-corrected chi connectivity index (χ2v) is 18.5. The summed E-state index contributed by atoms with van der Waals surface area (Å²) in [5.74, 6) is 2.03. The van der Waals surface area contributed by atoms with E-state index in [4.69, 9.17) is 14.6 Å². The van der Waals surface area contributed by atoms with Gasteiger partial charge in [-0.1, -0.05) is 32.9 Å². The molecule has 0 saturated carbocycles. The van der Waals surface area contributed by atoms with E-state index in [1.54, 1.807) is 81.1 Å². The van der Waals surface area contributed by atoms with Crippen molar-refractivity contribution in [2.45, 2.75) is 45.8 Å². The first-order chi connectivity index (χ1) is 26.8. The Morgan fingerprint density at radius 2 is 0.875 bits per heavy atom. The fourth-order valence-corrected chi connectivity index (χ4v) is 10.9. The van der Waals surface area contributed by atoms with Crippen molar-refractivity contribution < 1.29 is 39.8 Å². The van der Waals surface area contributed by atoms with Gasteiger partial charge in [-0.15, -0.1) is 0 Å². The molecule has 2 aromatic heterocycles. The lowest BCUT2D eigenvalue weighted by Gasteiger charge is -2.23. The molecule has 4 aromatic carbocycles. The number of ether oxygens (including phenoxy) is 2. The summed E-state index contributed by atoms with van der Waals surface area (Å²) >= 11 is 0. The Hall–Kier alpha value is -5.23. The van der Waals surface area contributed by atoms with Gasteiger partial charge in [0.2, 0.25) is 20.0 Å². The first-order valence-electron chi connectivity index (χ1n) is 17.7. The molecule has 0 bridgehead atoms. The number of aromatic nitrogens is 4. The largest absolute Gasteiger partial charge is 0.457 e. The van der Waals surface area contributed by atoms with Crippen LogP contribution in [0, 0.1) is 0 Å². The van der Waals surface area contributed by atoms with Crippen LogP contribution in [0.1, 0.15) is 45.6 Å². The van der Waals surface area contributed by atoms with E-state index in [0.717, 1.165) is 29.2 Å². The summed E-state index contributed by atoms with van der Waals surface area (Å²) in [5, 5.41) is 7.00. The molecule has 0 aliphatic carbocycles. The highest BCUT2D eigenvalue weighted by Crippen LogP contribution is 2.30. The lowest BCUT2D eigenvalue weighted by atomic mass is 10.2. The maximum Gasteiger partial charge on any atom is 0.248 e. The van der Waals surface area contributed by atoms with Gasteiger partial charge in [0.15, 0.2) is 9.84 Å². The molecule has 6 aromatic rings. The molecule has 0 spiro atoms. The van der Waals surface area contributed by atoms with Crippen LogP contribution in [0.5, 0.6) is 23.0 Å². The SMILES string of the molecule is CCCS(=O)(=O)Cc1ccc(Oc2ccc3nccnc3c2)cc1.CCCS(=O)(=O)N(c1ccc(Oc2ccc3nccnc3c2)cc1)S(=O)(=O)CCC.CO. The van der Waals surface area contributed by atoms with Gasteiger partial charge in [0.1, 0.15) is 23.0 Å². The van der Waals surface area contributed by atoms with Crippen molar-refractivity contribution in [3.8, 4) is 23.0 Å². The Morgan fingerprint density at radius 3 is 1.29 bits per heavy atom. The van der Waals surface area contributed by atoms with Crippen molar-refractivity contribution in [1.82, 2.24) is 19.9 Å². The van der Waals surface area contributed by atoms with Crippen molar-refractivity contribution in [2.24, 2.45) is 0 Å².